The molecule has 0 heterocycles. The molecule has 0 spiro atoms. The van der Waals surface area contributed by atoms with Gasteiger partial charge in [0, 0.05) is 71.4 Å². The van der Waals surface area contributed by atoms with Crippen LogP contribution in [0.25, 0.3) is 22.3 Å². The van der Waals surface area contributed by atoms with Crippen LogP contribution in [0, 0.1) is 20.2 Å². The van der Waals surface area contributed by atoms with Gasteiger partial charge in [-0.15, -0.1) is 0 Å². The third kappa shape index (κ3) is 30.8. The smallest absolute Gasteiger partial charge is 0.492 e. The molecule has 0 aliphatic carbocycles. The first-order valence-electron chi connectivity index (χ1n) is 41.4. The molecular formula is C111H97BBrN3O9P4Pd. The van der Waals surface area contributed by atoms with Gasteiger partial charge in [-0.05, 0) is 161 Å². The van der Waals surface area contributed by atoms with Crippen LogP contribution in [0.5, 0.6) is 17.2 Å². The van der Waals surface area contributed by atoms with Crippen LogP contribution in [0.15, 0.2) is 514 Å². The Labute approximate surface area is 790 Å². The summed E-state index contributed by atoms with van der Waals surface area (Å²) in [5.74, 6) is 2.12. The second kappa shape index (κ2) is 54.9. The zero-order chi connectivity index (χ0) is 90.4. The van der Waals surface area contributed by atoms with Crippen molar-refractivity contribution in [3.63, 3.8) is 0 Å². The summed E-state index contributed by atoms with van der Waals surface area (Å²) in [7, 11) is 1.51. The first-order chi connectivity index (χ1) is 63.3. The molecule has 12 nitrogen and oxygen atoms in total. The normalized spacial score (nSPS) is 10.1. The van der Waals surface area contributed by atoms with Gasteiger partial charge in [0.05, 0.1) is 31.2 Å². The number of para-hydroxylation sites is 3. The van der Waals surface area contributed by atoms with E-state index in [1.807, 2.05) is 72.8 Å². The second-order valence-electron chi connectivity index (χ2n) is 28.0. The first kappa shape index (κ1) is 99.0. The van der Waals surface area contributed by atoms with Gasteiger partial charge in [0.15, 0.2) is 0 Å². The van der Waals surface area contributed by atoms with Crippen LogP contribution in [0.1, 0.15) is 0 Å². The molecule has 0 unspecified atom stereocenters. The van der Waals surface area contributed by atoms with Crippen molar-refractivity contribution in [3.8, 4) is 39.5 Å². The molecule has 18 rings (SSSR count). The van der Waals surface area contributed by atoms with E-state index in [9.17, 15) is 20.2 Å². The molecule has 0 aromatic heterocycles. The SMILES string of the molecule is COc1ccccc1-c1ccc(N)cc1.COc1ccccc1-c1ccc([N+](=O)[O-])cc1.COc1ccccc1B(O)O.O=[N+]([O-])c1ccc(Br)cc1.[Pd].c1ccc(P(c2ccccc2)c2ccccc2)cc1.c1ccc(P(c2ccccc2)c2ccccc2)cc1.c1ccc(P(c2ccccc2)c2ccccc2)cc1.c1ccc(P(c2ccccc2)c2ccccc2)cc1. The largest absolute Gasteiger partial charge is 0.497 e. The predicted octanol–water partition coefficient (Wildman–Crippen LogP) is 21.7. The van der Waals surface area contributed by atoms with Gasteiger partial charge in [-0.1, -0.05) is 447 Å². The molecule has 0 aliphatic rings. The van der Waals surface area contributed by atoms with Gasteiger partial charge in [0.1, 0.15) is 17.2 Å². The number of hydrogen-bond acceptors (Lipinski definition) is 10. The third-order valence-electron chi connectivity index (χ3n) is 19.5. The van der Waals surface area contributed by atoms with E-state index < -0.39 is 48.7 Å². The van der Waals surface area contributed by atoms with E-state index in [1.54, 1.807) is 62.8 Å². The van der Waals surface area contributed by atoms with Crippen LogP contribution in [0.3, 0.4) is 0 Å². The first-order valence-corrected chi connectivity index (χ1v) is 47.5. The average molecular weight is 1940 g/mol. The van der Waals surface area contributed by atoms with E-state index in [0.717, 1.165) is 43.9 Å². The molecule has 4 N–H and O–H groups in total. The minimum atomic E-state index is -1.47. The topological polar surface area (TPSA) is 180 Å². The Hall–Kier alpha value is -13.2. The number of halogens is 1. The van der Waals surface area contributed by atoms with Gasteiger partial charge in [0.2, 0.25) is 0 Å². The second-order valence-corrected chi connectivity index (χ2v) is 37.8. The van der Waals surface area contributed by atoms with Crippen molar-refractivity contribution in [1.82, 2.24) is 0 Å². The Balaban J connectivity index is 0.000000156. The summed E-state index contributed by atoms with van der Waals surface area (Å²) >= 11 is 3.17. The predicted molar refractivity (Wildman–Crippen MR) is 552 cm³/mol. The monoisotopic (exact) mass is 1940 g/mol. The zero-order valence-corrected chi connectivity index (χ0v) is 78.5. The maximum absolute atomic E-state index is 10.6. The van der Waals surface area contributed by atoms with Crippen LogP contribution < -0.4 is 89.1 Å². The number of nitro benzene ring substituents is 2. The number of rotatable bonds is 20. The molecule has 0 fully saturated rings. The molecule has 0 bridgehead atoms. The standard InChI is InChI=1S/4C18H15P.C13H11NO3.C13H13NO.C7H9BO3.C6H4BrNO2.Pd/c4*1-4-10-16(11-5-1)19(17-12-6-2-7-13-17)18-14-8-3-9-15-18;1-17-13-5-3-2-4-12(13)10-6-8-11(9-7-10)14(15)16;1-15-13-5-3-2-4-12(13)10-6-8-11(14)9-7-10;1-11-7-5-3-2-4-6(7)8(9)10;7-5-1-3-6(4-2-5)8(9)10;/h4*1-15H;2-9H,1H3;2-9H,14H2,1H3;2-5,9-10H,1H3;1-4H;. The molecule has 0 radical (unpaired) electrons. The number of non-ortho nitro benzene ring substituents is 2. The fourth-order valence-electron chi connectivity index (χ4n) is 13.3. The summed E-state index contributed by atoms with van der Waals surface area (Å²) in [5, 5.41) is 55.1. The average Bonchev–Trinajstić information content (AvgIpc) is 0.815. The summed E-state index contributed by atoms with van der Waals surface area (Å²) in [6.45, 7) is 0. The minimum Gasteiger partial charge on any atom is -0.497 e. The number of nitrogens with two attached hydrogens (primary N) is 1. The summed E-state index contributed by atoms with van der Waals surface area (Å²) in [6.07, 6.45) is 0. The molecule has 130 heavy (non-hydrogen) atoms. The van der Waals surface area contributed by atoms with Crippen molar-refractivity contribution in [3.05, 3.63) is 534 Å². The van der Waals surface area contributed by atoms with Crippen LogP contribution in [-0.2, 0) is 20.4 Å². The van der Waals surface area contributed by atoms with Crippen molar-refractivity contribution in [2.24, 2.45) is 0 Å². The van der Waals surface area contributed by atoms with Crippen LogP contribution in [0.4, 0.5) is 17.1 Å². The van der Waals surface area contributed by atoms with Crippen molar-refractivity contribution in [2.45, 2.75) is 0 Å². The van der Waals surface area contributed by atoms with Crippen molar-refractivity contribution in [1.29, 1.82) is 0 Å². The van der Waals surface area contributed by atoms with E-state index in [4.69, 9.17) is 30.0 Å². The summed E-state index contributed by atoms with van der Waals surface area (Å²) in [4.78, 5) is 19.8. The molecule has 650 valence electrons. The number of hydrogen-bond donors (Lipinski definition) is 3. The van der Waals surface area contributed by atoms with Gasteiger partial charge in [-0.25, -0.2) is 0 Å². The third-order valence-corrected chi connectivity index (χ3v) is 29.8. The number of benzene rings is 18. The Bertz CT molecular complexity index is 5390. The number of anilines is 1. The van der Waals surface area contributed by atoms with Gasteiger partial charge in [0.25, 0.3) is 11.4 Å². The Kier molecular flexibility index (Phi) is 41.8. The van der Waals surface area contributed by atoms with Crippen LogP contribution >= 0.6 is 47.6 Å². The molecule has 0 atom stereocenters. The summed E-state index contributed by atoms with van der Waals surface area (Å²) in [5.41, 5.74) is 11.0. The number of nitrogen functional groups attached to an aromatic ring is 1. The Morgan fingerprint density at radius 1 is 0.254 bits per heavy atom. The molecule has 18 aromatic carbocycles. The Morgan fingerprint density at radius 2 is 0.431 bits per heavy atom. The molecular weight excluding hydrogens is 1840 g/mol. The summed E-state index contributed by atoms with van der Waals surface area (Å²) < 4.78 is 16.3. The molecule has 0 aliphatic heterocycles. The molecule has 0 saturated carbocycles. The number of ether oxygens (including phenoxy) is 3. The fraction of sp³-hybridized carbons (Fsp3) is 0.0270. The van der Waals surface area contributed by atoms with Gasteiger partial charge >= 0.3 is 7.12 Å². The molecule has 18 aromatic rings. The van der Waals surface area contributed by atoms with Gasteiger partial charge in [-0.2, -0.15) is 0 Å². The van der Waals surface area contributed by atoms with E-state index >= 15 is 0 Å². The Morgan fingerprint density at radius 3 is 0.623 bits per heavy atom. The number of methoxy groups -OCH3 is 3. The fourth-order valence-corrected chi connectivity index (χ4v) is 22.8. The minimum absolute atomic E-state index is 0. The van der Waals surface area contributed by atoms with Crippen molar-refractivity contribution >= 4 is 141 Å². The van der Waals surface area contributed by atoms with E-state index in [0.29, 0.717) is 11.2 Å². The maximum atomic E-state index is 10.6. The number of nitro groups is 2. The van der Waals surface area contributed by atoms with E-state index in [1.165, 1.54) is 95.0 Å². The van der Waals surface area contributed by atoms with Gasteiger partial charge in [-0.3, -0.25) is 20.2 Å². The van der Waals surface area contributed by atoms with Crippen molar-refractivity contribution < 1.29 is 54.5 Å². The molecule has 19 heteroatoms. The number of nitrogens with zero attached hydrogens (tertiary/aromatic N) is 2. The molecule has 0 amide bonds. The zero-order valence-electron chi connectivity index (χ0n) is 71.8. The molecule has 0 saturated heterocycles. The quantitative estimate of drug-likeness (QED) is 0.0218. The van der Waals surface area contributed by atoms with Gasteiger partial charge < -0.3 is 30.0 Å². The van der Waals surface area contributed by atoms with Crippen molar-refractivity contribution in [2.75, 3.05) is 27.1 Å². The maximum Gasteiger partial charge on any atom is 0.492 e. The summed E-state index contributed by atoms with van der Waals surface area (Å²) in [6, 6.07) is 172. The van der Waals surface area contributed by atoms with Crippen LogP contribution in [-0.4, -0.2) is 48.3 Å². The van der Waals surface area contributed by atoms with E-state index in [-0.39, 0.29) is 31.8 Å². The van der Waals surface area contributed by atoms with E-state index in [2.05, 4.69) is 380 Å². The van der Waals surface area contributed by atoms with Crippen LogP contribution in [0.2, 0.25) is 0 Å².